The number of aromatic nitrogens is 1. The summed E-state index contributed by atoms with van der Waals surface area (Å²) in [6.45, 7) is 4.98. The largest absolute Gasteiger partial charge is 0.384 e. The first-order valence-corrected chi connectivity index (χ1v) is 6.66. The molecule has 0 aromatic carbocycles. The van der Waals surface area contributed by atoms with Crippen LogP contribution in [0.2, 0.25) is 0 Å². The van der Waals surface area contributed by atoms with Crippen LogP contribution >= 0.6 is 0 Å². The van der Waals surface area contributed by atoms with Gasteiger partial charge in [0.2, 0.25) is 0 Å². The van der Waals surface area contributed by atoms with Gasteiger partial charge in [-0.1, -0.05) is 6.07 Å². The Morgan fingerprint density at radius 3 is 2.83 bits per heavy atom. The molecule has 0 spiro atoms. The Hall–Kier alpha value is -1.13. The number of piperidine rings is 1. The molecular formula is C14H23N3O. The van der Waals surface area contributed by atoms with Crippen molar-refractivity contribution in [2.24, 2.45) is 11.7 Å². The van der Waals surface area contributed by atoms with Crippen molar-refractivity contribution < 1.29 is 4.74 Å². The maximum atomic E-state index is 6.01. The van der Waals surface area contributed by atoms with E-state index >= 15 is 0 Å². The first kappa shape index (κ1) is 13.3. The molecular weight excluding hydrogens is 226 g/mol. The zero-order valence-electron chi connectivity index (χ0n) is 11.3. The highest BCUT2D eigenvalue weighted by Crippen LogP contribution is 2.27. The minimum absolute atomic E-state index is 0.0328. The number of methoxy groups -OCH3 is 1. The van der Waals surface area contributed by atoms with Crippen molar-refractivity contribution in [3.63, 3.8) is 0 Å². The molecule has 1 aliphatic rings. The first-order chi connectivity index (χ1) is 8.72. The highest BCUT2D eigenvalue weighted by molar-refractivity contribution is 5.48. The van der Waals surface area contributed by atoms with Gasteiger partial charge in [0.1, 0.15) is 5.82 Å². The maximum Gasteiger partial charge on any atom is 0.133 e. The molecule has 0 amide bonds. The van der Waals surface area contributed by atoms with Crippen molar-refractivity contribution in [1.82, 2.24) is 4.98 Å². The van der Waals surface area contributed by atoms with Crippen LogP contribution in [0, 0.1) is 5.92 Å². The molecule has 0 radical (unpaired) electrons. The predicted octanol–water partition coefficient (Wildman–Crippen LogP) is 1.96. The van der Waals surface area contributed by atoms with Gasteiger partial charge in [0, 0.05) is 44.6 Å². The number of nitrogens with two attached hydrogens (primary N) is 1. The van der Waals surface area contributed by atoms with E-state index in [1.807, 2.05) is 19.2 Å². The second kappa shape index (κ2) is 6.16. The number of nitrogens with zero attached hydrogens (tertiary/aromatic N) is 2. The predicted molar refractivity (Wildman–Crippen MR) is 73.7 cm³/mol. The van der Waals surface area contributed by atoms with E-state index in [2.05, 4.69) is 16.0 Å². The van der Waals surface area contributed by atoms with Crippen molar-refractivity contribution in [2.75, 3.05) is 31.7 Å². The van der Waals surface area contributed by atoms with Crippen molar-refractivity contribution in [3.8, 4) is 0 Å². The molecule has 1 unspecified atom stereocenters. The molecule has 18 heavy (non-hydrogen) atoms. The molecule has 2 heterocycles. The quantitative estimate of drug-likeness (QED) is 0.886. The number of anilines is 1. The monoisotopic (exact) mass is 249 g/mol. The highest BCUT2D eigenvalue weighted by Gasteiger charge is 2.22. The van der Waals surface area contributed by atoms with Crippen molar-refractivity contribution >= 4 is 5.82 Å². The van der Waals surface area contributed by atoms with Crippen LogP contribution in [-0.2, 0) is 4.74 Å². The summed E-state index contributed by atoms with van der Waals surface area (Å²) in [5.41, 5.74) is 7.15. The van der Waals surface area contributed by atoms with Crippen LogP contribution in [0.3, 0.4) is 0 Å². The number of pyridine rings is 1. The van der Waals surface area contributed by atoms with Crippen molar-refractivity contribution in [2.45, 2.75) is 25.8 Å². The summed E-state index contributed by atoms with van der Waals surface area (Å²) in [6.07, 6.45) is 4.19. The number of hydrogen-bond acceptors (Lipinski definition) is 4. The maximum absolute atomic E-state index is 6.01. The average molecular weight is 249 g/mol. The molecule has 100 valence electrons. The lowest BCUT2D eigenvalue weighted by atomic mass is 9.97. The fraction of sp³-hybridized carbons (Fsp3) is 0.643. The summed E-state index contributed by atoms with van der Waals surface area (Å²) in [7, 11) is 1.78. The van der Waals surface area contributed by atoms with E-state index in [9.17, 15) is 0 Å². The van der Waals surface area contributed by atoms with Crippen molar-refractivity contribution in [3.05, 3.63) is 23.9 Å². The molecule has 1 aromatic rings. The van der Waals surface area contributed by atoms with E-state index in [1.165, 1.54) is 12.8 Å². The SMILES string of the molecule is COCC1CCN(c2ncccc2C(C)N)CC1. The van der Waals surface area contributed by atoms with Gasteiger partial charge < -0.3 is 15.4 Å². The van der Waals surface area contributed by atoms with Gasteiger partial charge in [0.25, 0.3) is 0 Å². The molecule has 0 aliphatic carbocycles. The van der Waals surface area contributed by atoms with Crippen LogP contribution in [0.15, 0.2) is 18.3 Å². The third-order valence-electron chi connectivity index (χ3n) is 3.62. The van der Waals surface area contributed by atoms with Crippen LogP contribution in [-0.4, -0.2) is 31.8 Å². The van der Waals surface area contributed by atoms with Crippen LogP contribution in [0.5, 0.6) is 0 Å². The average Bonchev–Trinajstić information content (AvgIpc) is 2.40. The topological polar surface area (TPSA) is 51.4 Å². The Balaban J connectivity index is 2.05. The highest BCUT2D eigenvalue weighted by atomic mass is 16.5. The fourth-order valence-corrected chi connectivity index (χ4v) is 2.58. The Morgan fingerprint density at radius 2 is 2.22 bits per heavy atom. The fourth-order valence-electron chi connectivity index (χ4n) is 2.58. The normalized spacial score (nSPS) is 18.9. The molecule has 1 saturated heterocycles. The lowest BCUT2D eigenvalue weighted by Crippen LogP contribution is -2.36. The van der Waals surface area contributed by atoms with Crippen LogP contribution in [0.4, 0.5) is 5.82 Å². The molecule has 0 bridgehead atoms. The van der Waals surface area contributed by atoms with Crippen LogP contribution in [0.25, 0.3) is 0 Å². The summed E-state index contributed by atoms with van der Waals surface area (Å²) >= 11 is 0. The van der Waals surface area contributed by atoms with Gasteiger partial charge in [0.05, 0.1) is 0 Å². The third-order valence-corrected chi connectivity index (χ3v) is 3.62. The summed E-state index contributed by atoms with van der Waals surface area (Å²) in [4.78, 5) is 6.86. The van der Waals surface area contributed by atoms with E-state index in [4.69, 9.17) is 10.5 Å². The smallest absolute Gasteiger partial charge is 0.133 e. The number of rotatable bonds is 4. The number of ether oxygens (including phenoxy) is 1. The zero-order chi connectivity index (χ0) is 13.0. The summed E-state index contributed by atoms with van der Waals surface area (Å²) in [6, 6.07) is 4.07. The van der Waals surface area contributed by atoms with E-state index in [-0.39, 0.29) is 6.04 Å². The van der Waals surface area contributed by atoms with Gasteiger partial charge in [-0.15, -0.1) is 0 Å². The molecule has 0 saturated carbocycles. The molecule has 1 aliphatic heterocycles. The van der Waals surface area contributed by atoms with E-state index in [0.717, 1.165) is 31.1 Å². The van der Waals surface area contributed by atoms with E-state index < -0.39 is 0 Å². The minimum Gasteiger partial charge on any atom is -0.384 e. The summed E-state index contributed by atoms with van der Waals surface area (Å²) < 4.78 is 5.23. The van der Waals surface area contributed by atoms with Gasteiger partial charge in [-0.05, 0) is 31.7 Å². The number of hydrogen-bond donors (Lipinski definition) is 1. The molecule has 4 heteroatoms. The summed E-state index contributed by atoms with van der Waals surface area (Å²) in [5.74, 6) is 1.75. The lowest BCUT2D eigenvalue weighted by Gasteiger charge is -2.34. The Kier molecular flexibility index (Phi) is 4.55. The first-order valence-electron chi connectivity index (χ1n) is 6.66. The van der Waals surface area contributed by atoms with Crippen LogP contribution < -0.4 is 10.6 Å². The standard InChI is InChI=1S/C14H23N3O/c1-11(15)13-4-3-7-16-14(13)17-8-5-12(6-9-17)10-18-2/h3-4,7,11-12H,5-6,8-10,15H2,1-2H3. The Morgan fingerprint density at radius 1 is 1.50 bits per heavy atom. The molecule has 2 rings (SSSR count). The Labute approximate surface area is 109 Å². The van der Waals surface area contributed by atoms with Crippen molar-refractivity contribution in [1.29, 1.82) is 0 Å². The second-order valence-electron chi connectivity index (χ2n) is 5.09. The molecule has 4 nitrogen and oxygen atoms in total. The second-order valence-corrected chi connectivity index (χ2v) is 5.09. The van der Waals surface area contributed by atoms with E-state index in [1.54, 1.807) is 7.11 Å². The van der Waals surface area contributed by atoms with Gasteiger partial charge in [-0.3, -0.25) is 0 Å². The minimum atomic E-state index is 0.0328. The molecule has 2 N–H and O–H groups in total. The lowest BCUT2D eigenvalue weighted by molar-refractivity contribution is 0.139. The van der Waals surface area contributed by atoms with Gasteiger partial charge in [-0.25, -0.2) is 4.98 Å². The van der Waals surface area contributed by atoms with E-state index in [0.29, 0.717) is 5.92 Å². The summed E-state index contributed by atoms with van der Waals surface area (Å²) in [5, 5.41) is 0. The molecule has 1 fully saturated rings. The Bertz CT molecular complexity index is 373. The molecule has 1 aromatic heterocycles. The van der Waals surface area contributed by atoms with Gasteiger partial charge >= 0.3 is 0 Å². The third kappa shape index (κ3) is 3.00. The molecule has 1 atom stereocenters. The van der Waals surface area contributed by atoms with Gasteiger partial charge in [-0.2, -0.15) is 0 Å². The van der Waals surface area contributed by atoms with Crippen LogP contribution in [0.1, 0.15) is 31.4 Å². The van der Waals surface area contributed by atoms with Gasteiger partial charge in [0.15, 0.2) is 0 Å². The zero-order valence-corrected chi connectivity index (χ0v) is 11.3.